The van der Waals surface area contributed by atoms with Crippen LogP contribution in [0.15, 0.2) is 0 Å². The van der Waals surface area contributed by atoms with Gasteiger partial charge in [-0.05, 0) is 39.4 Å². The van der Waals surface area contributed by atoms with E-state index in [1.165, 1.54) is 0 Å². The fraction of sp³-hybridized carbons (Fsp3) is 0.929. The second-order valence-corrected chi connectivity index (χ2v) is 6.23. The molecule has 2 rings (SSSR count). The zero-order valence-electron chi connectivity index (χ0n) is 12.3. The number of hydrogen-bond acceptors (Lipinski definition) is 4. The summed E-state index contributed by atoms with van der Waals surface area (Å²) in [7, 11) is 4.23. The molecule has 0 aromatic heterocycles. The topological polar surface area (TPSA) is 52.8 Å². The van der Waals surface area contributed by atoms with Gasteiger partial charge in [0.1, 0.15) is 0 Å². The molecule has 0 aromatic carbocycles. The Balaban J connectivity index is 1.75. The lowest BCUT2D eigenvalue weighted by molar-refractivity contribution is -0.130. The molecule has 0 aliphatic carbocycles. The fourth-order valence-electron chi connectivity index (χ4n) is 3.12. The van der Waals surface area contributed by atoms with Crippen molar-refractivity contribution in [3.05, 3.63) is 0 Å². The van der Waals surface area contributed by atoms with Gasteiger partial charge in [-0.25, -0.2) is 0 Å². The highest BCUT2D eigenvalue weighted by molar-refractivity contribution is 5.79. The van der Waals surface area contributed by atoms with Crippen LogP contribution < -0.4 is 5.73 Å². The number of carbonyl (C=O) groups excluding carboxylic acids is 1. The first-order chi connectivity index (χ1) is 9.10. The van der Waals surface area contributed by atoms with E-state index in [1.54, 1.807) is 0 Å². The predicted molar refractivity (Wildman–Crippen MR) is 76.9 cm³/mol. The Labute approximate surface area is 116 Å². The van der Waals surface area contributed by atoms with E-state index in [1.807, 2.05) is 0 Å². The van der Waals surface area contributed by atoms with E-state index < -0.39 is 0 Å². The molecule has 2 aliphatic rings. The molecule has 1 amide bonds. The normalized spacial score (nSPS) is 26.6. The van der Waals surface area contributed by atoms with Gasteiger partial charge < -0.3 is 20.4 Å². The maximum Gasteiger partial charge on any atom is 0.223 e. The number of likely N-dealkylation sites (tertiary alicyclic amines) is 2. The molecule has 0 saturated carbocycles. The van der Waals surface area contributed by atoms with Crippen molar-refractivity contribution in [1.82, 2.24) is 14.7 Å². The van der Waals surface area contributed by atoms with E-state index in [2.05, 4.69) is 28.8 Å². The van der Waals surface area contributed by atoms with Crippen LogP contribution in [0.25, 0.3) is 0 Å². The van der Waals surface area contributed by atoms with Crippen molar-refractivity contribution in [1.29, 1.82) is 0 Å². The fourth-order valence-corrected chi connectivity index (χ4v) is 3.12. The first kappa shape index (κ1) is 14.8. The molecule has 2 saturated heterocycles. The number of hydrogen-bond donors (Lipinski definition) is 1. The second-order valence-electron chi connectivity index (χ2n) is 6.23. The average Bonchev–Trinajstić information content (AvgIpc) is 2.78. The zero-order chi connectivity index (χ0) is 13.8. The molecule has 0 radical (unpaired) electrons. The van der Waals surface area contributed by atoms with Crippen molar-refractivity contribution in [3.63, 3.8) is 0 Å². The van der Waals surface area contributed by atoms with E-state index in [4.69, 9.17) is 5.73 Å². The minimum absolute atomic E-state index is 0.321. The van der Waals surface area contributed by atoms with Gasteiger partial charge in [0, 0.05) is 45.2 Å². The first-order valence-corrected chi connectivity index (χ1v) is 7.46. The predicted octanol–water partition coefficient (Wildman–Crippen LogP) is -0.180. The number of piperidine rings is 1. The number of nitrogens with zero attached hydrogens (tertiary/aromatic N) is 3. The highest BCUT2D eigenvalue weighted by atomic mass is 16.2. The Kier molecular flexibility index (Phi) is 5.19. The van der Waals surface area contributed by atoms with Crippen LogP contribution in [0.1, 0.15) is 19.3 Å². The summed E-state index contributed by atoms with van der Waals surface area (Å²) >= 11 is 0. The number of nitrogens with two attached hydrogens (primary N) is 1. The van der Waals surface area contributed by atoms with E-state index in [0.717, 1.165) is 45.6 Å². The summed E-state index contributed by atoms with van der Waals surface area (Å²) in [5.41, 5.74) is 5.69. The van der Waals surface area contributed by atoms with Crippen molar-refractivity contribution in [2.24, 2.45) is 11.7 Å². The third kappa shape index (κ3) is 3.91. The minimum atomic E-state index is 0.321. The third-order valence-corrected chi connectivity index (χ3v) is 4.43. The van der Waals surface area contributed by atoms with Gasteiger partial charge in [-0.15, -0.1) is 0 Å². The van der Waals surface area contributed by atoms with Gasteiger partial charge in [0.25, 0.3) is 0 Å². The van der Waals surface area contributed by atoms with E-state index in [0.29, 0.717) is 30.8 Å². The summed E-state index contributed by atoms with van der Waals surface area (Å²) in [5, 5.41) is 0. The van der Waals surface area contributed by atoms with Gasteiger partial charge in [-0.2, -0.15) is 0 Å². The highest BCUT2D eigenvalue weighted by Gasteiger charge is 2.34. The van der Waals surface area contributed by atoms with Crippen molar-refractivity contribution in [2.75, 3.05) is 53.4 Å². The standard InChI is InChI=1S/C14H28N4O/c1-16(2)7-8-17-5-3-13(4-6-17)18-11-12(10-15)9-14(18)19/h12-13H,3-11,15H2,1-2H3. The quantitative estimate of drug-likeness (QED) is 0.751. The smallest absolute Gasteiger partial charge is 0.223 e. The van der Waals surface area contributed by atoms with Crippen LogP contribution in [-0.2, 0) is 4.79 Å². The SMILES string of the molecule is CN(C)CCN1CCC(N2CC(CN)CC2=O)CC1. The van der Waals surface area contributed by atoms with Crippen molar-refractivity contribution < 1.29 is 4.79 Å². The van der Waals surface area contributed by atoms with Crippen LogP contribution in [0.4, 0.5) is 0 Å². The lowest BCUT2D eigenvalue weighted by Crippen LogP contribution is -2.46. The molecule has 2 N–H and O–H groups in total. The molecule has 19 heavy (non-hydrogen) atoms. The van der Waals surface area contributed by atoms with Crippen molar-refractivity contribution in [2.45, 2.75) is 25.3 Å². The minimum Gasteiger partial charge on any atom is -0.339 e. The number of likely N-dealkylation sites (N-methyl/N-ethyl adjacent to an activating group) is 1. The molecule has 5 nitrogen and oxygen atoms in total. The molecule has 2 heterocycles. The molecule has 110 valence electrons. The molecular formula is C14H28N4O. The zero-order valence-corrected chi connectivity index (χ0v) is 12.3. The molecule has 2 fully saturated rings. The number of rotatable bonds is 5. The summed E-state index contributed by atoms with van der Waals surface area (Å²) < 4.78 is 0. The van der Waals surface area contributed by atoms with Crippen molar-refractivity contribution in [3.8, 4) is 0 Å². The van der Waals surface area contributed by atoms with Gasteiger partial charge in [-0.3, -0.25) is 4.79 Å². The molecule has 1 unspecified atom stereocenters. The summed E-state index contributed by atoms with van der Waals surface area (Å²) in [6.07, 6.45) is 2.91. The Morgan fingerprint density at radius 2 is 2.00 bits per heavy atom. The molecule has 0 aromatic rings. The van der Waals surface area contributed by atoms with Crippen LogP contribution in [0.2, 0.25) is 0 Å². The molecule has 0 bridgehead atoms. The Morgan fingerprint density at radius 3 is 2.53 bits per heavy atom. The molecule has 0 spiro atoms. The average molecular weight is 268 g/mol. The van der Waals surface area contributed by atoms with Crippen LogP contribution in [-0.4, -0.2) is 80.0 Å². The molecule has 5 heteroatoms. The molecular weight excluding hydrogens is 240 g/mol. The maximum atomic E-state index is 12.0. The Morgan fingerprint density at radius 1 is 1.32 bits per heavy atom. The number of carbonyl (C=O) groups is 1. The molecule has 2 aliphatic heterocycles. The van der Waals surface area contributed by atoms with Gasteiger partial charge in [0.05, 0.1) is 0 Å². The van der Waals surface area contributed by atoms with Gasteiger partial charge in [-0.1, -0.05) is 0 Å². The monoisotopic (exact) mass is 268 g/mol. The van der Waals surface area contributed by atoms with Gasteiger partial charge in [0.15, 0.2) is 0 Å². The Bertz CT molecular complexity index is 300. The second kappa shape index (κ2) is 6.68. The summed E-state index contributed by atoms with van der Waals surface area (Å²) in [4.78, 5) is 18.8. The summed E-state index contributed by atoms with van der Waals surface area (Å²) in [6, 6.07) is 0.458. The molecule has 1 atom stereocenters. The maximum absolute atomic E-state index is 12.0. The van der Waals surface area contributed by atoms with Crippen molar-refractivity contribution >= 4 is 5.91 Å². The third-order valence-electron chi connectivity index (χ3n) is 4.43. The summed E-state index contributed by atoms with van der Waals surface area (Å²) in [5.74, 6) is 0.710. The van der Waals surface area contributed by atoms with E-state index in [-0.39, 0.29) is 0 Å². The van der Waals surface area contributed by atoms with Crippen LogP contribution in [0.5, 0.6) is 0 Å². The van der Waals surface area contributed by atoms with E-state index in [9.17, 15) is 4.79 Å². The largest absolute Gasteiger partial charge is 0.339 e. The van der Waals surface area contributed by atoms with Crippen LogP contribution in [0, 0.1) is 5.92 Å². The van der Waals surface area contributed by atoms with Gasteiger partial charge >= 0.3 is 0 Å². The van der Waals surface area contributed by atoms with Crippen LogP contribution in [0.3, 0.4) is 0 Å². The highest BCUT2D eigenvalue weighted by Crippen LogP contribution is 2.24. The summed E-state index contributed by atoms with van der Waals surface area (Å²) in [6.45, 7) is 6.02. The Hall–Kier alpha value is -0.650. The van der Waals surface area contributed by atoms with Gasteiger partial charge in [0.2, 0.25) is 5.91 Å². The first-order valence-electron chi connectivity index (χ1n) is 7.46. The lowest BCUT2D eigenvalue weighted by Gasteiger charge is -2.37. The lowest BCUT2D eigenvalue weighted by atomic mass is 10.0. The van der Waals surface area contributed by atoms with Crippen LogP contribution >= 0.6 is 0 Å². The number of amides is 1. The van der Waals surface area contributed by atoms with E-state index >= 15 is 0 Å².